The summed E-state index contributed by atoms with van der Waals surface area (Å²) in [5.41, 5.74) is 3.12. The number of rotatable bonds is 6. The number of H-pyrrole nitrogens is 1. The Bertz CT molecular complexity index is 1150. The predicted octanol–water partition coefficient (Wildman–Crippen LogP) is 3.53. The van der Waals surface area contributed by atoms with Gasteiger partial charge in [0, 0.05) is 24.2 Å². The quantitative estimate of drug-likeness (QED) is 0.694. The second kappa shape index (κ2) is 8.08. The average Bonchev–Trinajstić information content (AvgIpc) is 2.72. The lowest BCUT2D eigenvalue weighted by Gasteiger charge is -2.23. The number of fused-ring (bicyclic) bond motifs is 1. The molecule has 0 saturated heterocycles. The van der Waals surface area contributed by atoms with Gasteiger partial charge < -0.3 is 10.3 Å². The van der Waals surface area contributed by atoms with Gasteiger partial charge in [-0.05, 0) is 54.1 Å². The molecule has 140 valence electrons. The summed E-state index contributed by atoms with van der Waals surface area (Å²) in [5, 5.41) is 23.1. The van der Waals surface area contributed by atoms with Crippen molar-refractivity contribution in [1.82, 2.24) is 10.3 Å². The number of aryl methyl sites for hydroxylation is 1. The van der Waals surface area contributed by atoms with Gasteiger partial charge in [-0.3, -0.25) is 4.79 Å². The van der Waals surface area contributed by atoms with Crippen molar-refractivity contribution in [3.63, 3.8) is 0 Å². The molecule has 0 spiro atoms. The van der Waals surface area contributed by atoms with Gasteiger partial charge >= 0.3 is 0 Å². The number of aromatic amines is 1. The van der Waals surface area contributed by atoms with Crippen molar-refractivity contribution in [1.29, 1.82) is 10.5 Å². The monoisotopic (exact) mass is 370 g/mol. The maximum absolute atomic E-state index is 12.1. The van der Waals surface area contributed by atoms with E-state index in [0.717, 1.165) is 27.6 Å². The smallest absolute Gasteiger partial charge is 0.251 e. The topological polar surface area (TPSA) is 92.5 Å². The summed E-state index contributed by atoms with van der Waals surface area (Å²) in [6, 6.07) is 19.6. The third-order valence-corrected chi connectivity index (χ3v) is 5.05. The maximum Gasteiger partial charge on any atom is 0.251 e. The largest absolute Gasteiger partial charge is 0.322 e. The fourth-order valence-corrected chi connectivity index (χ4v) is 3.27. The van der Waals surface area contributed by atoms with Crippen LogP contribution in [0.1, 0.15) is 36.1 Å². The molecule has 0 saturated carbocycles. The Morgan fingerprint density at radius 1 is 1.14 bits per heavy atom. The lowest BCUT2D eigenvalue weighted by atomic mass is 9.83. The van der Waals surface area contributed by atoms with Gasteiger partial charge in [0.1, 0.15) is 0 Å². The van der Waals surface area contributed by atoms with Gasteiger partial charge in [-0.15, -0.1) is 0 Å². The first-order valence-electron chi connectivity index (χ1n) is 9.26. The van der Waals surface area contributed by atoms with Gasteiger partial charge in [0.05, 0.1) is 23.1 Å². The number of aromatic nitrogens is 1. The molecule has 0 aliphatic carbocycles. The number of benzene rings is 2. The summed E-state index contributed by atoms with van der Waals surface area (Å²) in [7, 11) is 0. The molecule has 1 atom stereocenters. The Morgan fingerprint density at radius 2 is 1.96 bits per heavy atom. The van der Waals surface area contributed by atoms with E-state index in [1.807, 2.05) is 56.3 Å². The van der Waals surface area contributed by atoms with Gasteiger partial charge in [0.25, 0.3) is 5.56 Å². The first-order valence-corrected chi connectivity index (χ1v) is 9.26. The van der Waals surface area contributed by atoms with Crippen molar-refractivity contribution in [2.75, 3.05) is 6.54 Å². The molecule has 1 unspecified atom stereocenters. The molecule has 3 aromatic rings. The number of hydrogen-bond acceptors (Lipinski definition) is 4. The van der Waals surface area contributed by atoms with Crippen LogP contribution in [0.3, 0.4) is 0 Å². The van der Waals surface area contributed by atoms with E-state index in [1.165, 1.54) is 0 Å². The lowest BCUT2D eigenvalue weighted by Crippen LogP contribution is -2.34. The highest BCUT2D eigenvalue weighted by molar-refractivity contribution is 5.80. The Hall–Kier alpha value is -3.41. The molecule has 28 heavy (non-hydrogen) atoms. The van der Waals surface area contributed by atoms with E-state index < -0.39 is 5.41 Å². The van der Waals surface area contributed by atoms with Crippen LogP contribution in [0.5, 0.6) is 0 Å². The molecule has 3 rings (SSSR count). The molecule has 2 N–H and O–H groups in total. The van der Waals surface area contributed by atoms with Crippen LogP contribution in [0.2, 0.25) is 0 Å². The standard InChI is InChI=1S/C23H22N4O/c1-3-18-10-19-7-8-20(11-21(19)27-22(18)28)23(2,14-25)15-26-13-17-6-4-5-16(9-17)12-24/h4-11,26H,3,13,15H2,1-2H3,(H,27,28). The average molecular weight is 370 g/mol. The molecule has 0 fully saturated rings. The number of nitriles is 2. The molecule has 2 aromatic carbocycles. The zero-order valence-electron chi connectivity index (χ0n) is 16.0. The predicted molar refractivity (Wildman–Crippen MR) is 110 cm³/mol. The van der Waals surface area contributed by atoms with Crippen LogP contribution in [0.15, 0.2) is 53.3 Å². The molecule has 5 nitrogen and oxygen atoms in total. The Labute approximate surface area is 164 Å². The van der Waals surface area contributed by atoms with Gasteiger partial charge in [0.2, 0.25) is 0 Å². The van der Waals surface area contributed by atoms with E-state index in [1.54, 1.807) is 6.07 Å². The van der Waals surface area contributed by atoms with E-state index >= 15 is 0 Å². The van der Waals surface area contributed by atoms with Gasteiger partial charge in [-0.25, -0.2) is 0 Å². The molecular weight excluding hydrogens is 348 g/mol. The third-order valence-electron chi connectivity index (χ3n) is 5.05. The Morgan fingerprint density at radius 3 is 2.68 bits per heavy atom. The molecule has 0 aliphatic rings. The van der Waals surface area contributed by atoms with Crippen molar-refractivity contribution >= 4 is 10.9 Å². The van der Waals surface area contributed by atoms with Crippen LogP contribution < -0.4 is 10.9 Å². The zero-order chi connectivity index (χ0) is 20.1. The van der Waals surface area contributed by atoms with Gasteiger partial charge in [0.15, 0.2) is 0 Å². The highest BCUT2D eigenvalue weighted by atomic mass is 16.1. The molecule has 1 heterocycles. The summed E-state index contributed by atoms with van der Waals surface area (Å²) in [6.07, 6.45) is 0.680. The fraction of sp³-hybridized carbons (Fsp3) is 0.261. The molecule has 0 amide bonds. The number of nitrogens with one attached hydrogen (secondary N) is 2. The third kappa shape index (κ3) is 3.96. The van der Waals surface area contributed by atoms with Crippen molar-refractivity contribution in [2.45, 2.75) is 32.2 Å². The Kier molecular flexibility index (Phi) is 5.59. The zero-order valence-corrected chi connectivity index (χ0v) is 16.0. The first-order chi connectivity index (χ1) is 13.5. The van der Waals surface area contributed by atoms with Crippen molar-refractivity contribution in [3.8, 4) is 12.1 Å². The molecule has 0 aliphatic heterocycles. The molecule has 0 bridgehead atoms. The summed E-state index contributed by atoms with van der Waals surface area (Å²) in [5.74, 6) is 0. The van der Waals surface area contributed by atoms with E-state index in [4.69, 9.17) is 5.26 Å². The lowest BCUT2D eigenvalue weighted by molar-refractivity contribution is 0.528. The second-order valence-corrected chi connectivity index (χ2v) is 7.14. The maximum atomic E-state index is 12.1. The van der Waals surface area contributed by atoms with Crippen LogP contribution >= 0.6 is 0 Å². The minimum atomic E-state index is -0.749. The number of pyridine rings is 1. The molecule has 5 heteroatoms. The highest BCUT2D eigenvalue weighted by Gasteiger charge is 2.26. The summed E-state index contributed by atoms with van der Waals surface area (Å²) >= 11 is 0. The second-order valence-electron chi connectivity index (χ2n) is 7.14. The first kappa shape index (κ1) is 19.4. The van der Waals surface area contributed by atoms with E-state index in [-0.39, 0.29) is 5.56 Å². The SMILES string of the molecule is CCc1cc2ccc(C(C)(C#N)CNCc3cccc(C#N)c3)cc2[nH]c1=O. The highest BCUT2D eigenvalue weighted by Crippen LogP contribution is 2.25. The van der Waals surface area contributed by atoms with Gasteiger partial charge in [-0.2, -0.15) is 10.5 Å². The van der Waals surface area contributed by atoms with E-state index in [0.29, 0.717) is 25.1 Å². The van der Waals surface area contributed by atoms with Gasteiger partial charge in [-0.1, -0.05) is 31.2 Å². The van der Waals surface area contributed by atoms with Crippen LogP contribution in [-0.4, -0.2) is 11.5 Å². The number of hydrogen-bond donors (Lipinski definition) is 2. The van der Waals surface area contributed by atoms with Crippen LogP contribution in [0.4, 0.5) is 0 Å². The van der Waals surface area contributed by atoms with Crippen LogP contribution in [0, 0.1) is 22.7 Å². The summed E-state index contributed by atoms with van der Waals surface area (Å²) in [6.45, 7) is 4.85. The summed E-state index contributed by atoms with van der Waals surface area (Å²) < 4.78 is 0. The van der Waals surface area contributed by atoms with Crippen molar-refractivity contribution < 1.29 is 0 Å². The Balaban J connectivity index is 1.81. The fourth-order valence-electron chi connectivity index (χ4n) is 3.27. The van der Waals surface area contributed by atoms with E-state index in [2.05, 4.69) is 22.4 Å². The summed E-state index contributed by atoms with van der Waals surface area (Å²) in [4.78, 5) is 15.0. The minimum Gasteiger partial charge on any atom is -0.322 e. The van der Waals surface area contributed by atoms with E-state index in [9.17, 15) is 10.1 Å². The minimum absolute atomic E-state index is 0.0821. The van der Waals surface area contributed by atoms with Crippen molar-refractivity contribution in [2.24, 2.45) is 0 Å². The van der Waals surface area contributed by atoms with Crippen LogP contribution in [-0.2, 0) is 18.4 Å². The van der Waals surface area contributed by atoms with Crippen molar-refractivity contribution in [3.05, 3.63) is 81.1 Å². The normalized spacial score (nSPS) is 12.9. The molecule has 1 aromatic heterocycles. The molecule has 0 radical (unpaired) electrons. The van der Waals surface area contributed by atoms with Crippen LogP contribution in [0.25, 0.3) is 10.9 Å². The number of nitrogens with zero attached hydrogens (tertiary/aromatic N) is 2. The molecular formula is C23H22N4O.